The fourth-order valence-corrected chi connectivity index (χ4v) is 2.57. The third-order valence-electron chi connectivity index (χ3n) is 3.79. The Kier molecular flexibility index (Phi) is 5.16. The van der Waals surface area contributed by atoms with Crippen LogP contribution in [-0.4, -0.2) is 36.4 Å². The number of carbonyl (C=O) groups excluding carboxylic acids is 2. The first-order chi connectivity index (χ1) is 13.0. The summed E-state index contributed by atoms with van der Waals surface area (Å²) in [5.74, 6) is -0.532. The Labute approximate surface area is 155 Å². The minimum Gasteiger partial charge on any atom is -0.465 e. The standard InChI is InChI=1S/C19H17N3O5/c1-12-20-21-17(27-12)13-7-6-8-14(11-13)22-10-5-4-9-15(18(23)25-2)16(22)19(24)26-3/h4-11H,1-3H3. The number of esters is 2. The van der Waals surface area contributed by atoms with Crippen molar-refractivity contribution in [2.45, 2.75) is 6.92 Å². The molecule has 2 heterocycles. The van der Waals surface area contributed by atoms with E-state index in [0.717, 1.165) is 0 Å². The van der Waals surface area contributed by atoms with Crippen LogP contribution in [0.3, 0.4) is 0 Å². The minimum absolute atomic E-state index is 0.0354. The molecular formula is C19H17N3O5. The third kappa shape index (κ3) is 3.64. The molecule has 1 aliphatic heterocycles. The second-order valence-electron chi connectivity index (χ2n) is 5.49. The molecule has 0 saturated carbocycles. The maximum absolute atomic E-state index is 12.5. The number of aromatic nitrogens is 2. The van der Waals surface area contributed by atoms with E-state index in [9.17, 15) is 9.59 Å². The number of nitrogens with zero attached hydrogens (tertiary/aromatic N) is 3. The number of hydrogen-bond donors (Lipinski definition) is 0. The summed E-state index contributed by atoms with van der Waals surface area (Å²) in [5, 5.41) is 7.83. The van der Waals surface area contributed by atoms with Crippen LogP contribution in [0.15, 0.2) is 64.4 Å². The lowest BCUT2D eigenvalue weighted by molar-refractivity contribution is -0.139. The van der Waals surface area contributed by atoms with Crippen molar-refractivity contribution in [2.24, 2.45) is 0 Å². The van der Waals surface area contributed by atoms with Gasteiger partial charge >= 0.3 is 11.9 Å². The summed E-state index contributed by atoms with van der Waals surface area (Å²) < 4.78 is 15.2. The van der Waals surface area contributed by atoms with Gasteiger partial charge in [0.15, 0.2) is 0 Å². The molecule has 0 spiro atoms. The number of anilines is 1. The zero-order valence-corrected chi connectivity index (χ0v) is 15.0. The lowest BCUT2D eigenvalue weighted by Crippen LogP contribution is -2.26. The van der Waals surface area contributed by atoms with Crippen molar-refractivity contribution in [1.82, 2.24) is 10.2 Å². The smallest absolute Gasteiger partial charge is 0.355 e. The Hall–Kier alpha value is -3.68. The number of hydrogen-bond acceptors (Lipinski definition) is 8. The molecule has 8 nitrogen and oxygen atoms in total. The quantitative estimate of drug-likeness (QED) is 0.761. The van der Waals surface area contributed by atoms with Crippen molar-refractivity contribution in [3.8, 4) is 11.5 Å². The Morgan fingerprint density at radius 2 is 1.85 bits per heavy atom. The van der Waals surface area contributed by atoms with Gasteiger partial charge in [0.25, 0.3) is 0 Å². The molecular weight excluding hydrogens is 350 g/mol. The summed E-state index contributed by atoms with van der Waals surface area (Å²) in [4.78, 5) is 26.2. The maximum Gasteiger partial charge on any atom is 0.355 e. The largest absolute Gasteiger partial charge is 0.465 e. The van der Waals surface area contributed by atoms with Crippen LogP contribution in [0.1, 0.15) is 5.89 Å². The van der Waals surface area contributed by atoms with Crippen LogP contribution >= 0.6 is 0 Å². The molecule has 0 saturated heterocycles. The molecule has 27 heavy (non-hydrogen) atoms. The molecule has 1 aliphatic rings. The second-order valence-corrected chi connectivity index (χ2v) is 5.49. The van der Waals surface area contributed by atoms with Crippen LogP contribution in [0.2, 0.25) is 0 Å². The van der Waals surface area contributed by atoms with E-state index in [2.05, 4.69) is 10.2 Å². The highest BCUT2D eigenvalue weighted by Crippen LogP contribution is 2.29. The first-order valence-electron chi connectivity index (χ1n) is 8.00. The van der Waals surface area contributed by atoms with Crippen molar-refractivity contribution in [1.29, 1.82) is 0 Å². The summed E-state index contributed by atoms with van der Waals surface area (Å²) in [7, 11) is 2.50. The SMILES string of the molecule is COC(=O)C1=C(C(=O)OC)N(c2cccc(-c3nnc(C)o3)c2)C=CC=C1. The average molecular weight is 367 g/mol. The molecule has 138 valence electrons. The normalized spacial score (nSPS) is 13.5. The van der Waals surface area contributed by atoms with E-state index < -0.39 is 11.9 Å². The summed E-state index contributed by atoms with van der Waals surface area (Å²) in [5.41, 5.74) is 1.38. The van der Waals surface area contributed by atoms with Crippen molar-refractivity contribution in [3.05, 3.63) is 65.9 Å². The minimum atomic E-state index is -0.675. The van der Waals surface area contributed by atoms with E-state index >= 15 is 0 Å². The molecule has 3 rings (SSSR count). The van der Waals surface area contributed by atoms with Gasteiger partial charge < -0.3 is 18.8 Å². The van der Waals surface area contributed by atoms with Gasteiger partial charge in [0.2, 0.25) is 11.8 Å². The van der Waals surface area contributed by atoms with Crippen LogP contribution in [0, 0.1) is 6.92 Å². The molecule has 1 aromatic carbocycles. The number of benzene rings is 1. The van der Waals surface area contributed by atoms with Gasteiger partial charge in [-0.1, -0.05) is 12.1 Å². The number of ether oxygens (including phenoxy) is 2. The molecule has 1 aromatic heterocycles. The molecule has 0 fully saturated rings. The molecule has 0 aliphatic carbocycles. The highest BCUT2D eigenvalue weighted by molar-refractivity contribution is 6.05. The van der Waals surface area contributed by atoms with Crippen molar-refractivity contribution in [2.75, 3.05) is 19.1 Å². The summed E-state index contributed by atoms with van der Waals surface area (Å²) in [6.07, 6.45) is 6.49. The first-order valence-corrected chi connectivity index (χ1v) is 8.00. The highest BCUT2D eigenvalue weighted by Gasteiger charge is 2.27. The van der Waals surface area contributed by atoms with E-state index in [1.807, 2.05) is 0 Å². The maximum atomic E-state index is 12.5. The van der Waals surface area contributed by atoms with Crippen LogP contribution in [-0.2, 0) is 19.1 Å². The summed E-state index contributed by atoms with van der Waals surface area (Å²) >= 11 is 0. The van der Waals surface area contributed by atoms with Gasteiger partial charge in [-0.3, -0.25) is 0 Å². The number of allylic oxidation sites excluding steroid dienone is 2. The van der Waals surface area contributed by atoms with Gasteiger partial charge in [0.05, 0.1) is 19.8 Å². The van der Waals surface area contributed by atoms with Crippen molar-refractivity contribution >= 4 is 17.6 Å². The van der Waals surface area contributed by atoms with Crippen molar-refractivity contribution in [3.63, 3.8) is 0 Å². The molecule has 0 radical (unpaired) electrons. The van der Waals surface area contributed by atoms with E-state index in [1.54, 1.807) is 54.4 Å². The summed E-state index contributed by atoms with van der Waals surface area (Å²) in [6.45, 7) is 1.70. The van der Waals surface area contributed by atoms with E-state index in [0.29, 0.717) is 23.0 Å². The first kappa shape index (κ1) is 18.1. The predicted octanol–water partition coefficient (Wildman–Crippen LogP) is 2.54. The van der Waals surface area contributed by atoms with Gasteiger partial charge in [-0.2, -0.15) is 0 Å². The molecule has 0 bridgehead atoms. The predicted molar refractivity (Wildman–Crippen MR) is 96.3 cm³/mol. The monoisotopic (exact) mass is 367 g/mol. The molecule has 2 aromatic rings. The van der Waals surface area contributed by atoms with Gasteiger partial charge in [0, 0.05) is 24.4 Å². The van der Waals surface area contributed by atoms with Gasteiger partial charge in [-0.25, -0.2) is 9.59 Å². The van der Waals surface area contributed by atoms with Gasteiger partial charge in [-0.05, 0) is 30.4 Å². The number of methoxy groups -OCH3 is 2. The van der Waals surface area contributed by atoms with E-state index in [4.69, 9.17) is 13.9 Å². The Balaban J connectivity index is 2.13. The molecule has 8 heteroatoms. The fraction of sp³-hybridized carbons (Fsp3) is 0.158. The molecule has 0 amide bonds. The van der Waals surface area contributed by atoms with Crippen LogP contribution in [0.25, 0.3) is 11.5 Å². The number of carbonyl (C=O) groups is 2. The average Bonchev–Trinajstić information content (AvgIpc) is 3.01. The van der Waals surface area contributed by atoms with Crippen molar-refractivity contribution < 1.29 is 23.5 Å². The summed E-state index contributed by atoms with van der Waals surface area (Å²) in [6, 6.07) is 7.13. The number of rotatable bonds is 4. The third-order valence-corrected chi connectivity index (χ3v) is 3.79. The zero-order valence-electron chi connectivity index (χ0n) is 15.0. The topological polar surface area (TPSA) is 94.8 Å². The lowest BCUT2D eigenvalue weighted by Gasteiger charge is -2.23. The Morgan fingerprint density at radius 1 is 1.07 bits per heavy atom. The van der Waals surface area contributed by atoms with Crippen LogP contribution in [0.5, 0.6) is 0 Å². The molecule has 0 atom stereocenters. The van der Waals surface area contributed by atoms with E-state index in [1.165, 1.54) is 20.3 Å². The fourth-order valence-electron chi connectivity index (χ4n) is 2.57. The van der Waals surface area contributed by atoms with Crippen LogP contribution < -0.4 is 4.90 Å². The van der Waals surface area contributed by atoms with E-state index in [-0.39, 0.29) is 11.3 Å². The number of aryl methyl sites for hydroxylation is 1. The van der Waals surface area contributed by atoms with Gasteiger partial charge in [-0.15, -0.1) is 10.2 Å². The Bertz CT molecular complexity index is 971. The van der Waals surface area contributed by atoms with Gasteiger partial charge in [0.1, 0.15) is 5.70 Å². The molecule has 0 N–H and O–H groups in total. The Morgan fingerprint density at radius 3 is 2.52 bits per heavy atom. The van der Waals surface area contributed by atoms with Crippen LogP contribution in [0.4, 0.5) is 5.69 Å². The highest BCUT2D eigenvalue weighted by atomic mass is 16.5. The lowest BCUT2D eigenvalue weighted by atomic mass is 10.1. The molecule has 0 unspecified atom stereocenters. The second kappa shape index (κ2) is 7.69. The zero-order chi connectivity index (χ0) is 19.4.